The maximum atomic E-state index is 12.8. The minimum atomic E-state index is 0.00157. The van der Waals surface area contributed by atoms with E-state index in [9.17, 15) is 4.79 Å². The quantitative estimate of drug-likeness (QED) is 0.875. The highest BCUT2D eigenvalue weighted by molar-refractivity contribution is 6.00. The van der Waals surface area contributed by atoms with Crippen molar-refractivity contribution in [1.29, 1.82) is 0 Å². The van der Waals surface area contributed by atoms with E-state index in [1.54, 1.807) is 12.3 Å². The van der Waals surface area contributed by atoms with Gasteiger partial charge >= 0.3 is 0 Å². The van der Waals surface area contributed by atoms with Crippen molar-refractivity contribution in [2.24, 2.45) is 7.05 Å². The zero-order chi connectivity index (χ0) is 15.0. The van der Waals surface area contributed by atoms with Crippen molar-refractivity contribution in [3.8, 4) is 0 Å². The first-order chi connectivity index (χ1) is 10.1. The summed E-state index contributed by atoms with van der Waals surface area (Å²) < 4.78 is 1.95. The SMILES string of the molecule is Cc1cccc(C(=O)N(Cc2nccn2C)C2CC2)c1N. The molecule has 110 valence electrons. The molecule has 0 spiro atoms. The van der Waals surface area contributed by atoms with Gasteiger partial charge in [-0.05, 0) is 31.4 Å². The molecule has 1 amide bonds. The van der Waals surface area contributed by atoms with Crippen LogP contribution in [-0.2, 0) is 13.6 Å². The van der Waals surface area contributed by atoms with Gasteiger partial charge in [-0.2, -0.15) is 0 Å². The van der Waals surface area contributed by atoms with Gasteiger partial charge in [0.2, 0.25) is 0 Å². The van der Waals surface area contributed by atoms with Crippen LogP contribution in [0.15, 0.2) is 30.6 Å². The predicted molar refractivity (Wildman–Crippen MR) is 81.7 cm³/mol. The number of carbonyl (C=O) groups excluding carboxylic acids is 1. The molecule has 5 nitrogen and oxygen atoms in total. The van der Waals surface area contributed by atoms with Crippen LogP contribution in [0.2, 0.25) is 0 Å². The summed E-state index contributed by atoms with van der Waals surface area (Å²) in [7, 11) is 1.94. The number of amides is 1. The highest BCUT2D eigenvalue weighted by Gasteiger charge is 2.34. The zero-order valence-electron chi connectivity index (χ0n) is 12.4. The van der Waals surface area contributed by atoms with E-state index >= 15 is 0 Å². The first-order valence-electron chi connectivity index (χ1n) is 7.20. The molecule has 1 saturated carbocycles. The number of hydrogen-bond donors (Lipinski definition) is 1. The molecule has 3 rings (SSSR count). The first-order valence-corrected chi connectivity index (χ1v) is 7.20. The second-order valence-corrected chi connectivity index (χ2v) is 5.65. The highest BCUT2D eigenvalue weighted by Crippen LogP contribution is 2.31. The van der Waals surface area contributed by atoms with Gasteiger partial charge in [-0.25, -0.2) is 4.98 Å². The second-order valence-electron chi connectivity index (χ2n) is 5.65. The van der Waals surface area contributed by atoms with Crippen molar-refractivity contribution in [2.45, 2.75) is 32.4 Å². The number of anilines is 1. The van der Waals surface area contributed by atoms with Crippen molar-refractivity contribution in [3.63, 3.8) is 0 Å². The van der Waals surface area contributed by atoms with Crippen molar-refractivity contribution >= 4 is 11.6 Å². The van der Waals surface area contributed by atoms with E-state index in [0.29, 0.717) is 23.8 Å². The summed E-state index contributed by atoms with van der Waals surface area (Å²) in [4.78, 5) is 19.1. The number of aryl methyl sites for hydroxylation is 2. The second kappa shape index (κ2) is 5.24. The van der Waals surface area contributed by atoms with Crippen LogP contribution in [0.5, 0.6) is 0 Å². The van der Waals surface area contributed by atoms with E-state index in [2.05, 4.69) is 4.98 Å². The van der Waals surface area contributed by atoms with E-state index in [4.69, 9.17) is 5.73 Å². The lowest BCUT2D eigenvalue weighted by Gasteiger charge is -2.23. The molecule has 2 aromatic rings. The molecule has 21 heavy (non-hydrogen) atoms. The molecule has 1 aromatic carbocycles. The predicted octanol–water partition coefficient (Wildman–Crippen LogP) is 2.12. The lowest BCUT2D eigenvalue weighted by Crippen LogP contribution is -2.34. The third-order valence-corrected chi connectivity index (χ3v) is 4.04. The molecule has 0 bridgehead atoms. The van der Waals surface area contributed by atoms with Crippen LogP contribution >= 0.6 is 0 Å². The maximum Gasteiger partial charge on any atom is 0.256 e. The summed E-state index contributed by atoms with van der Waals surface area (Å²) in [5.74, 6) is 0.892. The third kappa shape index (κ3) is 2.63. The number of benzene rings is 1. The fraction of sp³-hybridized carbons (Fsp3) is 0.375. The summed E-state index contributed by atoms with van der Waals surface area (Å²) in [6, 6.07) is 5.92. The largest absolute Gasteiger partial charge is 0.398 e. The molecule has 1 aliphatic carbocycles. The molecular formula is C16H20N4O. The van der Waals surface area contributed by atoms with Gasteiger partial charge in [0.05, 0.1) is 12.1 Å². The number of imidazole rings is 1. The van der Waals surface area contributed by atoms with E-state index in [-0.39, 0.29) is 5.91 Å². The number of nitrogens with zero attached hydrogens (tertiary/aromatic N) is 3. The van der Waals surface area contributed by atoms with E-state index in [1.807, 2.05) is 41.8 Å². The Bertz CT molecular complexity index is 673. The van der Waals surface area contributed by atoms with Gasteiger partial charge in [-0.1, -0.05) is 12.1 Å². The molecule has 0 aliphatic heterocycles. The Morgan fingerprint density at radius 3 is 2.86 bits per heavy atom. The molecule has 0 unspecified atom stereocenters. The monoisotopic (exact) mass is 284 g/mol. The normalized spacial score (nSPS) is 14.2. The van der Waals surface area contributed by atoms with Gasteiger partial charge in [0.1, 0.15) is 5.82 Å². The number of para-hydroxylation sites is 1. The van der Waals surface area contributed by atoms with Crippen molar-refractivity contribution in [3.05, 3.63) is 47.5 Å². The molecule has 5 heteroatoms. The average Bonchev–Trinajstić information content (AvgIpc) is 3.22. The van der Waals surface area contributed by atoms with Gasteiger partial charge in [0.15, 0.2) is 0 Å². The van der Waals surface area contributed by atoms with Gasteiger partial charge in [-0.3, -0.25) is 4.79 Å². The Kier molecular flexibility index (Phi) is 3.41. The fourth-order valence-electron chi connectivity index (χ4n) is 2.48. The Morgan fingerprint density at radius 2 is 2.24 bits per heavy atom. The molecule has 0 radical (unpaired) electrons. The van der Waals surface area contributed by atoms with E-state index < -0.39 is 0 Å². The maximum absolute atomic E-state index is 12.8. The summed E-state index contributed by atoms with van der Waals surface area (Å²) in [5.41, 5.74) is 8.19. The molecule has 0 atom stereocenters. The van der Waals surface area contributed by atoms with Crippen LogP contribution in [-0.4, -0.2) is 26.4 Å². The highest BCUT2D eigenvalue weighted by atomic mass is 16.2. The van der Waals surface area contributed by atoms with Crippen molar-refractivity contribution in [2.75, 3.05) is 5.73 Å². The Balaban J connectivity index is 1.89. The van der Waals surface area contributed by atoms with Gasteiger partial charge in [-0.15, -0.1) is 0 Å². The topological polar surface area (TPSA) is 64.2 Å². The molecule has 2 N–H and O–H groups in total. The molecule has 1 fully saturated rings. The summed E-state index contributed by atoms with van der Waals surface area (Å²) in [6.07, 6.45) is 5.77. The van der Waals surface area contributed by atoms with Gasteiger partial charge < -0.3 is 15.2 Å². The fourth-order valence-corrected chi connectivity index (χ4v) is 2.48. The van der Waals surface area contributed by atoms with Gasteiger partial charge in [0, 0.05) is 31.2 Å². The van der Waals surface area contributed by atoms with Crippen LogP contribution in [0.1, 0.15) is 34.6 Å². The molecule has 0 saturated heterocycles. The summed E-state index contributed by atoms with van der Waals surface area (Å²) >= 11 is 0. The minimum absolute atomic E-state index is 0.00157. The Labute approximate surface area is 124 Å². The standard InChI is InChI=1S/C16H20N4O/c1-11-4-3-5-13(15(11)17)16(21)20(12-6-7-12)10-14-18-8-9-19(14)2/h3-5,8-9,12H,6-7,10,17H2,1-2H3. The number of aromatic nitrogens is 2. The third-order valence-electron chi connectivity index (χ3n) is 4.04. The molecule has 1 aliphatic rings. The van der Waals surface area contributed by atoms with Crippen molar-refractivity contribution < 1.29 is 4.79 Å². The Morgan fingerprint density at radius 1 is 1.48 bits per heavy atom. The average molecular weight is 284 g/mol. The zero-order valence-corrected chi connectivity index (χ0v) is 12.4. The molecule has 1 aromatic heterocycles. The van der Waals surface area contributed by atoms with Crippen LogP contribution < -0.4 is 5.73 Å². The number of carbonyl (C=O) groups is 1. The van der Waals surface area contributed by atoms with Crippen LogP contribution in [0.4, 0.5) is 5.69 Å². The van der Waals surface area contributed by atoms with E-state index in [1.165, 1.54) is 0 Å². The number of hydrogen-bond acceptors (Lipinski definition) is 3. The summed E-state index contributed by atoms with van der Waals surface area (Å²) in [5, 5.41) is 0. The number of rotatable bonds is 4. The smallest absolute Gasteiger partial charge is 0.256 e. The van der Waals surface area contributed by atoms with Crippen molar-refractivity contribution in [1.82, 2.24) is 14.5 Å². The lowest BCUT2D eigenvalue weighted by molar-refractivity contribution is 0.0725. The first kappa shape index (κ1) is 13.7. The van der Waals surface area contributed by atoms with Gasteiger partial charge in [0.25, 0.3) is 5.91 Å². The number of nitrogen functional groups attached to an aromatic ring is 1. The molecule has 1 heterocycles. The number of nitrogens with two attached hydrogens (primary N) is 1. The molecular weight excluding hydrogens is 264 g/mol. The van der Waals surface area contributed by atoms with Crippen LogP contribution in [0, 0.1) is 6.92 Å². The van der Waals surface area contributed by atoms with Crippen LogP contribution in [0.25, 0.3) is 0 Å². The summed E-state index contributed by atoms with van der Waals surface area (Å²) in [6.45, 7) is 2.45. The van der Waals surface area contributed by atoms with Crippen LogP contribution in [0.3, 0.4) is 0 Å². The minimum Gasteiger partial charge on any atom is -0.398 e. The Hall–Kier alpha value is -2.30. The lowest BCUT2D eigenvalue weighted by atomic mass is 10.1. The van der Waals surface area contributed by atoms with E-state index in [0.717, 1.165) is 24.2 Å².